The van der Waals surface area contributed by atoms with Crippen LogP contribution in [0, 0.1) is 6.61 Å². The van der Waals surface area contributed by atoms with Crippen LogP contribution in [0.1, 0.15) is 45.8 Å². The summed E-state index contributed by atoms with van der Waals surface area (Å²) in [6, 6.07) is 0. The van der Waals surface area contributed by atoms with Crippen molar-refractivity contribution in [2.45, 2.75) is 68.8 Å². The number of aromatic nitrogens is 4. The number of thioether (sulfide) groups is 1. The Morgan fingerprint density at radius 1 is 1.29 bits per heavy atom. The lowest BCUT2D eigenvalue weighted by molar-refractivity contribution is -0.176. The fraction of sp³-hybridized carbons (Fsp3) is 0.579. The normalized spacial score (nSPS) is 29.2. The zero-order chi connectivity index (χ0) is 19.3. The van der Waals surface area contributed by atoms with Gasteiger partial charge >= 0.3 is 0 Å². The van der Waals surface area contributed by atoms with Gasteiger partial charge in [-0.1, -0.05) is 23.4 Å². The van der Waals surface area contributed by atoms with E-state index in [1.165, 1.54) is 24.7 Å². The molecular weight excluding hydrogens is 378 g/mol. The van der Waals surface area contributed by atoms with E-state index in [4.69, 9.17) is 25.0 Å². The van der Waals surface area contributed by atoms with Gasteiger partial charge in [-0.05, 0) is 39.5 Å². The van der Waals surface area contributed by atoms with E-state index in [9.17, 15) is 0 Å². The predicted octanol–water partition coefficient (Wildman–Crippen LogP) is 3.21. The summed E-state index contributed by atoms with van der Waals surface area (Å²) in [6.07, 6.45) is 7.70. The smallest absolute Gasteiger partial charge is 0.181 e. The van der Waals surface area contributed by atoms with Crippen molar-refractivity contribution in [1.29, 1.82) is 0 Å². The van der Waals surface area contributed by atoms with E-state index in [2.05, 4.69) is 16.0 Å². The summed E-state index contributed by atoms with van der Waals surface area (Å²) in [7, 11) is 0. The number of ether oxygens (including phenoxy) is 3. The molecule has 0 unspecified atom stereocenters. The van der Waals surface area contributed by atoms with Crippen LogP contribution in [-0.2, 0) is 14.2 Å². The van der Waals surface area contributed by atoms with E-state index in [-0.39, 0.29) is 12.2 Å². The first kappa shape index (κ1) is 18.4. The van der Waals surface area contributed by atoms with Crippen molar-refractivity contribution < 1.29 is 14.2 Å². The maximum absolute atomic E-state index is 6.19. The summed E-state index contributed by atoms with van der Waals surface area (Å²) in [6.45, 7) is 5.48. The monoisotopic (exact) mass is 402 g/mol. The molecule has 0 spiro atoms. The number of fused-ring (bicyclic) bond motifs is 2. The highest BCUT2D eigenvalue weighted by Gasteiger charge is 2.52. The molecule has 149 valence electrons. The molecule has 0 bridgehead atoms. The third-order valence-electron chi connectivity index (χ3n) is 5.30. The van der Waals surface area contributed by atoms with Gasteiger partial charge in [0.15, 0.2) is 17.7 Å². The average molecular weight is 403 g/mol. The summed E-state index contributed by atoms with van der Waals surface area (Å²) in [5.41, 5.74) is 8.31. The zero-order valence-corrected chi connectivity index (χ0v) is 16.8. The first-order chi connectivity index (χ1) is 13.5. The quantitative estimate of drug-likeness (QED) is 0.615. The predicted molar refractivity (Wildman–Crippen MR) is 105 cm³/mol. The molecule has 3 atom stereocenters. The largest absolute Gasteiger partial charge is 0.383 e. The number of nitrogens with zero attached hydrogens (tertiary/aromatic N) is 4. The summed E-state index contributed by atoms with van der Waals surface area (Å²) < 4.78 is 19.6. The second-order valence-corrected chi connectivity index (χ2v) is 8.80. The molecule has 2 aromatic rings. The summed E-state index contributed by atoms with van der Waals surface area (Å²) in [4.78, 5) is 8.62. The van der Waals surface area contributed by atoms with Gasteiger partial charge in [-0.3, -0.25) is 0 Å². The van der Waals surface area contributed by atoms with Gasteiger partial charge in [0.1, 0.15) is 36.0 Å². The summed E-state index contributed by atoms with van der Waals surface area (Å²) >= 11 is 1.68. The minimum Gasteiger partial charge on any atom is -0.383 e. The second kappa shape index (κ2) is 6.98. The Kier molecular flexibility index (Phi) is 4.58. The number of hydrogen-bond acceptors (Lipinski definition) is 8. The minimum atomic E-state index is -0.657. The summed E-state index contributed by atoms with van der Waals surface area (Å²) in [5, 5.41) is 6.41. The van der Waals surface area contributed by atoms with E-state index in [1.54, 1.807) is 23.1 Å². The van der Waals surface area contributed by atoms with E-state index >= 15 is 0 Å². The SMILES string of the molecule is CC1(C)O[C@H]2[C@H](n3nc(SCC4=CCCCC4)c4c(N)ncnc43)O[CH][C@H]2O1. The van der Waals surface area contributed by atoms with Crippen LogP contribution in [0.15, 0.2) is 23.0 Å². The lowest BCUT2D eigenvalue weighted by Crippen LogP contribution is -2.28. The molecule has 0 saturated carbocycles. The van der Waals surface area contributed by atoms with Gasteiger partial charge in [0.25, 0.3) is 0 Å². The molecule has 1 aliphatic carbocycles. The Hall–Kier alpha value is -1.68. The van der Waals surface area contributed by atoms with Crippen molar-refractivity contribution in [2.75, 3.05) is 11.5 Å². The fourth-order valence-electron chi connectivity index (χ4n) is 4.01. The Morgan fingerprint density at radius 2 is 2.18 bits per heavy atom. The van der Waals surface area contributed by atoms with E-state index in [1.807, 2.05) is 13.8 Å². The molecule has 28 heavy (non-hydrogen) atoms. The Labute approximate surface area is 167 Å². The molecule has 1 radical (unpaired) electrons. The first-order valence-corrected chi connectivity index (χ1v) is 10.6. The van der Waals surface area contributed by atoms with E-state index in [0.29, 0.717) is 11.5 Å². The first-order valence-electron chi connectivity index (χ1n) is 9.66. The van der Waals surface area contributed by atoms with Crippen LogP contribution in [0.2, 0.25) is 0 Å². The van der Waals surface area contributed by atoms with Crippen LogP contribution in [0.25, 0.3) is 11.0 Å². The molecule has 2 aliphatic heterocycles. The number of hydrogen-bond donors (Lipinski definition) is 1. The molecule has 3 aliphatic rings. The van der Waals surface area contributed by atoms with Crippen LogP contribution in [0.4, 0.5) is 5.82 Å². The van der Waals surface area contributed by atoms with Gasteiger partial charge < -0.3 is 19.9 Å². The maximum atomic E-state index is 6.19. The molecule has 8 nitrogen and oxygen atoms in total. The van der Waals surface area contributed by atoms with Crippen LogP contribution >= 0.6 is 11.8 Å². The number of nitrogen functional groups attached to an aromatic ring is 1. The lowest BCUT2D eigenvalue weighted by Gasteiger charge is -2.21. The number of nitrogens with two attached hydrogens (primary N) is 1. The minimum absolute atomic E-state index is 0.234. The van der Waals surface area contributed by atoms with Crippen molar-refractivity contribution in [2.24, 2.45) is 0 Å². The molecule has 2 saturated heterocycles. The molecule has 9 heteroatoms. The Balaban J connectivity index is 1.48. The molecule has 2 aromatic heterocycles. The van der Waals surface area contributed by atoms with Crippen molar-refractivity contribution >= 4 is 28.6 Å². The second-order valence-electron chi connectivity index (χ2n) is 7.83. The van der Waals surface area contributed by atoms with E-state index < -0.39 is 12.0 Å². The number of anilines is 1. The third-order valence-corrected chi connectivity index (χ3v) is 6.38. The highest BCUT2D eigenvalue weighted by atomic mass is 32.2. The maximum Gasteiger partial charge on any atom is 0.181 e. The average Bonchev–Trinajstić information content (AvgIpc) is 3.31. The van der Waals surface area contributed by atoms with E-state index in [0.717, 1.165) is 29.0 Å². The van der Waals surface area contributed by atoms with Gasteiger partial charge in [0.05, 0.1) is 5.39 Å². The van der Waals surface area contributed by atoms with Crippen LogP contribution in [-0.4, -0.2) is 43.5 Å². The number of rotatable bonds is 4. The molecule has 0 aromatic carbocycles. The van der Waals surface area contributed by atoms with Gasteiger partial charge in [-0.25, -0.2) is 14.6 Å². The standard InChI is InChI=1S/C19H24N5O3S/c1-19(2)26-12-8-25-18(14(12)27-19)24-16-13(15(20)21-10-22-16)17(23-24)28-9-11-6-4-3-5-7-11/h6,8,10,12,14,18H,3-5,7,9H2,1-2H3,(H2,20,21,22)/t12-,14-,18-/m1/s1. The van der Waals surface area contributed by atoms with Crippen LogP contribution < -0.4 is 5.73 Å². The lowest BCUT2D eigenvalue weighted by atomic mass is 10.0. The fourth-order valence-corrected chi connectivity index (χ4v) is 5.08. The van der Waals surface area contributed by atoms with Gasteiger partial charge in [0.2, 0.25) is 0 Å². The molecular formula is C19H24N5O3S. The van der Waals surface area contributed by atoms with Gasteiger partial charge in [-0.15, -0.1) is 0 Å². The molecule has 5 rings (SSSR count). The van der Waals surface area contributed by atoms with Crippen LogP contribution in [0.5, 0.6) is 0 Å². The Bertz CT molecular complexity index is 928. The topological polar surface area (TPSA) is 97.3 Å². The van der Waals surface area contributed by atoms with Gasteiger partial charge in [0, 0.05) is 5.75 Å². The Morgan fingerprint density at radius 3 is 3.00 bits per heavy atom. The molecule has 2 fully saturated rings. The van der Waals surface area contributed by atoms with Gasteiger partial charge in [-0.2, -0.15) is 5.10 Å². The van der Waals surface area contributed by atoms with Crippen molar-refractivity contribution in [1.82, 2.24) is 19.7 Å². The van der Waals surface area contributed by atoms with Crippen molar-refractivity contribution in [3.05, 3.63) is 24.6 Å². The van der Waals surface area contributed by atoms with Crippen molar-refractivity contribution in [3.8, 4) is 0 Å². The third kappa shape index (κ3) is 3.20. The molecule has 0 amide bonds. The zero-order valence-electron chi connectivity index (χ0n) is 16.0. The van der Waals surface area contributed by atoms with Crippen LogP contribution in [0.3, 0.4) is 0 Å². The highest BCUT2D eigenvalue weighted by Crippen LogP contribution is 2.43. The number of allylic oxidation sites excluding steroid dienone is 1. The van der Waals surface area contributed by atoms with Crippen molar-refractivity contribution in [3.63, 3.8) is 0 Å². The molecule has 2 N–H and O–H groups in total. The highest BCUT2D eigenvalue weighted by molar-refractivity contribution is 7.99. The molecule has 4 heterocycles. The summed E-state index contributed by atoms with van der Waals surface area (Å²) in [5.74, 6) is 0.672.